The van der Waals surface area contributed by atoms with E-state index in [1.165, 1.54) is 16.8 Å². The molecule has 0 saturated heterocycles. The van der Waals surface area contributed by atoms with Gasteiger partial charge >= 0.3 is 0 Å². The number of benzene rings is 1. The second-order valence-corrected chi connectivity index (χ2v) is 6.08. The molecular weight excluding hydrogens is 326 g/mol. The summed E-state index contributed by atoms with van der Waals surface area (Å²) in [6, 6.07) is 10.5. The van der Waals surface area contributed by atoms with Crippen LogP contribution in [0.1, 0.15) is 24.5 Å². The molecule has 0 radical (unpaired) electrons. The lowest BCUT2D eigenvalue weighted by atomic mass is 10.1. The highest BCUT2D eigenvalue weighted by Gasteiger charge is 2.08. The molecular formula is C17H22BrN3. The van der Waals surface area contributed by atoms with Gasteiger partial charge in [0.2, 0.25) is 0 Å². The zero-order chi connectivity index (χ0) is 15.1. The minimum atomic E-state index is 0.875. The van der Waals surface area contributed by atoms with Gasteiger partial charge in [-0.25, -0.2) is 0 Å². The van der Waals surface area contributed by atoms with Gasteiger partial charge in [0.1, 0.15) is 0 Å². The van der Waals surface area contributed by atoms with Gasteiger partial charge in [-0.3, -0.25) is 4.98 Å². The molecule has 1 aromatic carbocycles. The molecule has 0 aliphatic carbocycles. The predicted octanol–water partition coefficient (Wildman–Crippen LogP) is 3.98. The molecule has 2 aromatic rings. The van der Waals surface area contributed by atoms with Crippen molar-refractivity contribution < 1.29 is 0 Å². The number of hydrogen-bond acceptors (Lipinski definition) is 3. The summed E-state index contributed by atoms with van der Waals surface area (Å²) in [5.74, 6) is 0. The molecule has 0 amide bonds. The molecule has 1 aromatic heterocycles. The molecule has 1 N–H and O–H groups in total. The fraction of sp³-hybridized carbons (Fsp3) is 0.353. The van der Waals surface area contributed by atoms with Gasteiger partial charge in [0.05, 0.1) is 11.9 Å². The first kappa shape index (κ1) is 16.0. The van der Waals surface area contributed by atoms with Crippen LogP contribution in [-0.4, -0.2) is 18.6 Å². The average Bonchev–Trinajstić information content (AvgIpc) is 2.50. The Labute approximate surface area is 135 Å². The Bertz CT molecular complexity index is 554. The molecule has 4 heteroatoms. The number of nitrogens with zero attached hydrogens (tertiary/aromatic N) is 2. The number of halogens is 1. The van der Waals surface area contributed by atoms with Crippen molar-refractivity contribution >= 4 is 21.6 Å². The maximum Gasteiger partial charge on any atom is 0.0598 e. The molecule has 21 heavy (non-hydrogen) atoms. The number of hydrogen-bond donors (Lipinski definition) is 1. The molecule has 0 unspecified atom stereocenters. The fourth-order valence-corrected chi connectivity index (χ4v) is 2.52. The Balaban J connectivity index is 2.07. The van der Waals surface area contributed by atoms with E-state index in [9.17, 15) is 0 Å². The highest BCUT2D eigenvalue weighted by molar-refractivity contribution is 9.10. The third-order valence-electron chi connectivity index (χ3n) is 3.37. The smallest absolute Gasteiger partial charge is 0.0598 e. The second kappa shape index (κ2) is 8.15. The van der Waals surface area contributed by atoms with E-state index in [1.54, 1.807) is 0 Å². The zero-order valence-corrected chi connectivity index (χ0v) is 14.2. The lowest BCUT2D eigenvalue weighted by Crippen LogP contribution is -2.21. The van der Waals surface area contributed by atoms with Gasteiger partial charge < -0.3 is 10.2 Å². The second-order valence-electron chi connectivity index (χ2n) is 5.16. The van der Waals surface area contributed by atoms with E-state index < -0.39 is 0 Å². The van der Waals surface area contributed by atoms with E-state index in [0.717, 1.165) is 30.5 Å². The van der Waals surface area contributed by atoms with Crippen LogP contribution < -0.4 is 10.2 Å². The largest absolute Gasteiger partial charge is 0.369 e. The van der Waals surface area contributed by atoms with Crippen LogP contribution in [0.2, 0.25) is 0 Å². The van der Waals surface area contributed by atoms with Crippen LogP contribution in [0.5, 0.6) is 0 Å². The van der Waals surface area contributed by atoms with Gasteiger partial charge in [-0.1, -0.05) is 35.0 Å². The van der Waals surface area contributed by atoms with Crippen molar-refractivity contribution in [2.24, 2.45) is 0 Å². The third-order valence-corrected chi connectivity index (χ3v) is 3.90. The van der Waals surface area contributed by atoms with Crippen molar-refractivity contribution in [2.75, 3.05) is 18.5 Å². The summed E-state index contributed by atoms with van der Waals surface area (Å²) in [5.41, 5.74) is 3.76. The first-order valence-electron chi connectivity index (χ1n) is 7.30. The molecule has 112 valence electrons. The Morgan fingerprint density at radius 1 is 1.19 bits per heavy atom. The predicted molar refractivity (Wildman–Crippen MR) is 92.5 cm³/mol. The van der Waals surface area contributed by atoms with E-state index in [-0.39, 0.29) is 0 Å². The van der Waals surface area contributed by atoms with Gasteiger partial charge in [-0.2, -0.15) is 0 Å². The molecule has 0 fully saturated rings. The summed E-state index contributed by atoms with van der Waals surface area (Å²) in [7, 11) is 2.11. The van der Waals surface area contributed by atoms with Crippen molar-refractivity contribution in [3.63, 3.8) is 0 Å². The molecule has 0 spiro atoms. The normalized spacial score (nSPS) is 10.6. The maximum atomic E-state index is 4.27. The van der Waals surface area contributed by atoms with Gasteiger partial charge in [0.25, 0.3) is 0 Å². The molecule has 0 bridgehead atoms. The van der Waals surface area contributed by atoms with Crippen molar-refractivity contribution in [1.29, 1.82) is 0 Å². The summed E-state index contributed by atoms with van der Waals surface area (Å²) < 4.78 is 1.11. The Morgan fingerprint density at radius 3 is 2.67 bits per heavy atom. The molecule has 0 atom stereocenters. The first-order chi connectivity index (χ1) is 10.2. The number of rotatable bonds is 7. The van der Waals surface area contributed by atoms with Crippen LogP contribution in [0, 0.1) is 0 Å². The van der Waals surface area contributed by atoms with Crippen LogP contribution >= 0.6 is 15.9 Å². The monoisotopic (exact) mass is 347 g/mol. The van der Waals surface area contributed by atoms with Gasteiger partial charge in [0.15, 0.2) is 0 Å². The molecule has 2 rings (SSSR count). The molecule has 0 saturated carbocycles. The lowest BCUT2D eigenvalue weighted by molar-refractivity contribution is 0.673. The number of aromatic nitrogens is 1. The Morgan fingerprint density at radius 2 is 1.95 bits per heavy atom. The minimum Gasteiger partial charge on any atom is -0.369 e. The number of anilines is 1. The average molecular weight is 348 g/mol. The summed E-state index contributed by atoms with van der Waals surface area (Å²) in [6.45, 7) is 4.98. The van der Waals surface area contributed by atoms with E-state index in [4.69, 9.17) is 0 Å². The quantitative estimate of drug-likeness (QED) is 0.767. The number of nitrogens with one attached hydrogen (secondary N) is 1. The van der Waals surface area contributed by atoms with E-state index >= 15 is 0 Å². The molecule has 1 heterocycles. The topological polar surface area (TPSA) is 28.2 Å². The van der Waals surface area contributed by atoms with E-state index in [1.807, 2.05) is 12.4 Å². The molecule has 0 aliphatic heterocycles. The first-order valence-corrected chi connectivity index (χ1v) is 8.09. The summed E-state index contributed by atoms with van der Waals surface area (Å²) in [6.07, 6.45) is 4.96. The Kier molecular flexibility index (Phi) is 6.21. The lowest BCUT2D eigenvalue weighted by Gasteiger charge is -2.22. The highest BCUT2D eigenvalue weighted by atomic mass is 79.9. The van der Waals surface area contributed by atoms with Crippen LogP contribution in [-0.2, 0) is 13.1 Å². The van der Waals surface area contributed by atoms with Crippen molar-refractivity contribution in [1.82, 2.24) is 10.3 Å². The van der Waals surface area contributed by atoms with Crippen molar-refractivity contribution in [3.8, 4) is 0 Å². The zero-order valence-electron chi connectivity index (χ0n) is 12.6. The van der Waals surface area contributed by atoms with Crippen LogP contribution in [0.25, 0.3) is 0 Å². The van der Waals surface area contributed by atoms with Gasteiger partial charge in [0, 0.05) is 30.8 Å². The number of pyridine rings is 1. The molecule has 3 nitrogen and oxygen atoms in total. The standard InChI is InChI=1S/C17H22BrN3/c1-3-9-19-11-15-8-10-20-12-17(15)21(2)13-14-4-6-16(18)7-5-14/h4-8,10,12,19H,3,9,11,13H2,1-2H3. The highest BCUT2D eigenvalue weighted by Crippen LogP contribution is 2.20. The summed E-state index contributed by atoms with van der Waals surface area (Å²) >= 11 is 3.47. The van der Waals surface area contributed by atoms with Gasteiger partial charge in [-0.05, 0) is 42.3 Å². The van der Waals surface area contributed by atoms with Crippen molar-refractivity contribution in [3.05, 3.63) is 58.3 Å². The summed E-state index contributed by atoms with van der Waals surface area (Å²) in [4.78, 5) is 6.52. The third kappa shape index (κ3) is 4.83. The van der Waals surface area contributed by atoms with Crippen LogP contribution in [0.3, 0.4) is 0 Å². The van der Waals surface area contributed by atoms with Gasteiger partial charge in [-0.15, -0.1) is 0 Å². The van der Waals surface area contributed by atoms with Crippen LogP contribution in [0.15, 0.2) is 47.2 Å². The van der Waals surface area contributed by atoms with E-state index in [0.29, 0.717) is 0 Å². The minimum absolute atomic E-state index is 0.875. The van der Waals surface area contributed by atoms with Crippen molar-refractivity contribution in [2.45, 2.75) is 26.4 Å². The fourth-order valence-electron chi connectivity index (χ4n) is 2.26. The summed E-state index contributed by atoms with van der Waals surface area (Å²) in [5, 5.41) is 3.46. The Hall–Kier alpha value is -1.39. The molecule has 0 aliphatic rings. The van der Waals surface area contributed by atoms with E-state index in [2.05, 4.69) is 75.4 Å². The SMILES string of the molecule is CCCNCc1ccncc1N(C)Cc1ccc(Br)cc1. The maximum absolute atomic E-state index is 4.27. The van der Waals surface area contributed by atoms with Crippen LogP contribution in [0.4, 0.5) is 5.69 Å².